The summed E-state index contributed by atoms with van der Waals surface area (Å²) in [4.78, 5) is 4.83. The lowest BCUT2D eigenvalue weighted by Gasteiger charge is -2.47. The summed E-state index contributed by atoms with van der Waals surface area (Å²) in [5, 5.41) is 9.93. The normalized spacial score (nSPS) is 28.3. The van der Waals surface area contributed by atoms with Crippen LogP contribution >= 0.6 is 0 Å². The van der Waals surface area contributed by atoms with Gasteiger partial charge < -0.3 is 14.9 Å². The minimum Gasteiger partial charge on any atom is -0.389 e. The molecule has 3 unspecified atom stereocenters. The smallest absolute Gasteiger partial charge is 0.123 e. The number of aliphatic hydroxyl groups is 1. The van der Waals surface area contributed by atoms with Crippen LogP contribution in [0.2, 0.25) is 0 Å². The molecular formula is C17H25FN2O. The molecule has 3 nitrogen and oxygen atoms in total. The molecule has 2 heterocycles. The quantitative estimate of drug-likeness (QED) is 0.908. The maximum absolute atomic E-state index is 13.5. The van der Waals surface area contributed by atoms with Gasteiger partial charge in [0.25, 0.3) is 0 Å². The van der Waals surface area contributed by atoms with E-state index in [4.69, 9.17) is 0 Å². The Morgan fingerprint density at radius 2 is 2.10 bits per heavy atom. The third-order valence-electron chi connectivity index (χ3n) is 5.13. The van der Waals surface area contributed by atoms with Gasteiger partial charge in [-0.25, -0.2) is 4.39 Å². The lowest BCUT2D eigenvalue weighted by atomic mass is 9.84. The Hall–Kier alpha value is -1.13. The van der Waals surface area contributed by atoms with Crippen LogP contribution in [0.1, 0.15) is 37.9 Å². The number of fused-ring (bicyclic) bond motifs is 1. The number of anilines is 1. The standard InChI is InChI=1S/C17H25FN2O/c1-12(21)15-10-14(18)5-6-17(15)20-9-7-16-13(11-20)4-3-8-19(16)2/h5-6,10,12-13,16,21H,3-4,7-9,11H2,1-2H3. The van der Waals surface area contributed by atoms with Crippen molar-refractivity contribution in [2.24, 2.45) is 5.92 Å². The van der Waals surface area contributed by atoms with Gasteiger partial charge in [-0.15, -0.1) is 0 Å². The predicted octanol–water partition coefficient (Wildman–Crippen LogP) is 2.80. The third-order valence-corrected chi connectivity index (χ3v) is 5.13. The van der Waals surface area contributed by atoms with Gasteiger partial charge in [-0.05, 0) is 63.9 Å². The van der Waals surface area contributed by atoms with Crippen LogP contribution in [0.4, 0.5) is 10.1 Å². The van der Waals surface area contributed by atoms with Gasteiger partial charge in [0, 0.05) is 30.4 Å². The van der Waals surface area contributed by atoms with Crippen LogP contribution in [0.3, 0.4) is 0 Å². The third kappa shape index (κ3) is 2.92. The van der Waals surface area contributed by atoms with Crippen molar-refractivity contribution in [1.29, 1.82) is 0 Å². The van der Waals surface area contributed by atoms with E-state index in [1.165, 1.54) is 31.5 Å². The molecule has 0 amide bonds. The number of aliphatic hydroxyl groups excluding tert-OH is 1. The van der Waals surface area contributed by atoms with Crippen molar-refractivity contribution in [3.05, 3.63) is 29.6 Å². The number of halogens is 1. The van der Waals surface area contributed by atoms with Crippen LogP contribution in [0.25, 0.3) is 0 Å². The molecule has 116 valence electrons. The molecule has 0 spiro atoms. The first-order chi connectivity index (χ1) is 10.1. The highest BCUT2D eigenvalue weighted by molar-refractivity contribution is 5.55. The average Bonchev–Trinajstić information content (AvgIpc) is 2.47. The van der Waals surface area contributed by atoms with Gasteiger partial charge in [0.2, 0.25) is 0 Å². The maximum Gasteiger partial charge on any atom is 0.123 e. The summed E-state index contributed by atoms with van der Waals surface area (Å²) in [5.41, 5.74) is 1.70. The SMILES string of the molecule is CC(O)c1cc(F)ccc1N1CCC2C(CCCN2C)C1. The van der Waals surface area contributed by atoms with Crippen molar-refractivity contribution >= 4 is 5.69 Å². The first-order valence-electron chi connectivity index (χ1n) is 7.99. The highest BCUT2D eigenvalue weighted by Gasteiger charge is 2.34. The highest BCUT2D eigenvalue weighted by atomic mass is 19.1. The van der Waals surface area contributed by atoms with Crippen LogP contribution < -0.4 is 4.90 Å². The molecule has 0 aromatic heterocycles. The lowest BCUT2D eigenvalue weighted by Crippen LogP contribution is -2.52. The lowest BCUT2D eigenvalue weighted by molar-refractivity contribution is 0.102. The summed E-state index contributed by atoms with van der Waals surface area (Å²) >= 11 is 0. The van der Waals surface area contributed by atoms with Crippen LogP contribution in [0, 0.1) is 11.7 Å². The molecule has 21 heavy (non-hydrogen) atoms. The molecule has 4 heteroatoms. The van der Waals surface area contributed by atoms with E-state index in [2.05, 4.69) is 16.8 Å². The van der Waals surface area contributed by atoms with Crippen molar-refractivity contribution in [1.82, 2.24) is 4.90 Å². The number of hydrogen-bond donors (Lipinski definition) is 1. The molecule has 0 aliphatic carbocycles. The minimum atomic E-state index is -0.637. The summed E-state index contributed by atoms with van der Waals surface area (Å²) < 4.78 is 13.5. The van der Waals surface area contributed by atoms with Crippen molar-refractivity contribution in [3.63, 3.8) is 0 Å². The van der Waals surface area contributed by atoms with Gasteiger partial charge in [0.1, 0.15) is 5.82 Å². The van der Waals surface area contributed by atoms with E-state index < -0.39 is 6.10 Å². The second-order valence-electron chi connectivity index (χ2n) is 6.56. The molecule has 1 aromatic carbocycles. The first kappa shape index (κ1) is 14.8. The van der Waals surface area contributed by atoms with Crippen molar-refractivity contribution in [3.8, 4) is 0 Å². The second-order valence-corrected chi connectivity index (χ2v) is 6.56. The molecule has 2 saturated heterocycles. The van der Waals surface area contributed by atoms with Crippen LogP contribution in [-0.2, 0) is 0 Å². The van der Waals surface area contributed by atoms with Crippen LogP contribution in [-0.4, -0.2) is 42.7 Å². The number of hydrogen-bond acceptors (Lipinski definition) is 3. The van der Waals surface area contributed by atoms with Crippen LogP contribution in [0.5, 0.6) is 0 Å². The molecule has 0 radical (unpaired) electrons. The van der Waals surface area contributed by atoms with Crippen LogP contribution in [0.15, 0.2) is 18.2 Å². The molecule has 2 aliphatic heterocycles. The van der Waals surface area contributed by atoms with Gasteiger partial charge >= 0.3 is 0 Å². The number of likely N-dealkylation sites (tertiary alicyclic amines) is 1. The summed E-state index contributed by atoms with van der Waals surface area (Å²) in [5.74, 6) is 0.409. The van der Waals surface area contributed by atoms with E-state index in [0.29, 0.717) is 17.5 Å². The molecular weight excluding hydrogens is 267 g/mol. The fourth-order valence-corrected chi connectivity index (χ4v) is 4.02. The first-order valence-corrected chi connectivity index (χ1v) is 7.99. The van der Waals surface area contributed by atoms with Crippen molar-refractivity contribution in [2.45, 2.75) is 38.3 Å². The van der Waals surface area contributed by atoms with E-state index >= 15 is 0 Å². The van der Waals surface area contributed by atoms with Gasteiger partial charge in [-0.2, -0.15) is 0 Å². The number of nitrogens with zero attached hydrogens (tertiary/aromatic N) is 2. The Kier molecular flexibility index (Phi) is 4.18. The maximum atomic E-state index is 13.5. The molecule has 1 N–H and O–H groups in total. The molecule has 0 bridgehead atoms. The Labute approximate surface area is 126 Å². The summed E-state index contributed by atoms with van der Waals surface area (Å²) in [6, 6.07) is 5.48. The van der Waals surface area contributed by atoms with E-state index in [1.807, 2.05) is 6.07 Å². The number of benzene rings is 1. The summed E-state index contributed by atoms with van der Waals surface area (Å²) in [7, 11) is 2.23. The largest absolute Gasteiger partial charge is 0.389 e. The highest BCUT2D eigenvalue weighted by Crippen LogP contribution is 2.35. The topological polar surface area (TPSA) is 26.7 Å². The number of rotatable bonds is 2. The summed E-state index contributed by atoms with van der Waals surface area (Å²) in [6.45, 7) is 4.91. The van der Waals surface area contributed by atoms with Crippen molar-refractivity contribution < 1.29 is 9.50 Å². The Morgan fingerprint density at radius 1 is 1.29 bits per heavy atom. The molecule has 3 atom stereocenters. The number of piperidine rings is 2. The molecule has 1 aromatic rings. The zero-order chi connectivity index (χ0) is 15.0. The van der Waals surface area contributed by atoms with Crippen molar-refractivity contribution in [2.75, 3.05) is 31.6 Å². The minimum absolute atomic E-state index is 0.276. The fourth-order valence-electron chi connectivity index (χ4n) is 4.02. The van der Waals surface area contributed by atoms with Gasteiger partial charge in [0.05, 0.1) is 6.10 Å². The second kappa shape index (κ2) is 5.93. The van der Waals surface area contributed by atoms with E-state index in [9.17, 15) is 9.50 Å². The summed E-state index contributed by atoms with van der Waals surface area (Å²) in [6.07, 6.45) is 3.05. The van der Waals surface area contributed by atoms with E-state index in [1.54, 1.807) is 6.92 Å². The monoisotopic (exact) mass is 292 g/mol. The Bertz CT molecular complexity index is 506. The van der Waals surface area contributed by atoms with Gasteiger partial charge in [0.15, 0.2) is 0 Å². The molecule has 2 fully saturated rings. The average molecular weight is 292 g/mol. The van der Waals surface area contributed by atoms with Gasteiger partial charge in [-0.1, -0.05) is 0 Å². The van der Waals surface area contributed by atoms with Gasteiger partial charge in [-0.3, -0.25) is 0 Å². The molecule has 3 rings (SSSR count). The van der Waals surface area contributed by atoms with E-state index in [-0.39, 0.29) is 5.82 Å². The predicted molar refractivity (Wildman–Crippen MR) is 83.0 cm³/mol. The fraction of sp³-hybridized carbons (Fsp3) is 0.647. The zero-order valence-corrected chi connectivity index (χ0v) is 12.9. The zero-order valence-electron chi connectivity index (χ0n) is 12.9. The van der Waals surface area contributed by atoms with E-state index in [0.717, 1.165) is 25.2 Å². The molecule has 0 saturated carbocycles. The molecule has 2 aliphatic rings. The Balaban J connectivity index is 1.82. The Morgan fingerprint density at radius 3 is 2.86 bits per heavy atom.